The van der Waals surface area contributed by atoms with E-state index >= 15 is 0 Å². The fourth-order valence-corrected chi connectivity index (χ4v) is 4.79. The van der Waals surface area contributed by atoms with Crippen molar-refractivity contribution in [3.05, 3.63) is 106 Å². The Balaban J connectivity index is 1.64. The minimum Gasteiger partial charge on any atom is -0.496 e. The van der Waals surface area contributed by atoms with Crippen molar-refractivity contribution < 1.29 is 9.47 Å². The van der Waals surface area contributed by atoms with Crippen molar-refractivity contribution in [3.63, 3.8) is 0 Å². The number of nitrogens with zero attached hydrogens (tertiary/aromatic N) is 3. The molecule has 3 aromatic carbocycles. The van der Waals surface area contributed by atoms with Gasteiger partial charge in [0.2, 0.25) is 5.95 Å². The molecule has 2 aliphatic rings. The van der Waals surface area contributed by atoms with Crippen molar-refractivity contribution in [3.8, 4) is 11.5 Å². The lowest BCUT2D eigenvalue weighted by molar-refractivity contribution is 0.217. The summed E-state index contributed by atoms with van der Waals surface area (Å²) in [5.74, 6) is 2.30. The first-order chi connectivity index (χ1) is 15.7. The molecule has 0 fully saturated rings. The van der Waals surface area contributed by atoms with Crippen LogP contribution >= 0.6 is 15.9 Å². The standard InChI is InChI=1S/C25H19BrN4O2/c1-31-19-8-4-3-7-18(19)24-21-22(17-6-2-5-9-20(17)32-24)29-25-27-14-28-30(25)23(21)15-10-12-16(26)13-11-15/h2-14,23-24H,1H3,(H,27,28,29). The molecule has 0 aliphatic carbocycles. The molecule has 6 nitrogen and oxygen atoms in total. The maximum Gasteiger partial charge on any atom is 0.226 e. The third-order valence-corrected chi connectivity index (χ3v) is 6.46. The number of rotatable bonds is 3. The minimum absolute atomic E-state index is 0.194. The van der Waals surface area contributed by atoms with Crippen LogP contribution in [-0.2, 0) is 0 Å². The molecule has 0 saturated carbocycles. The number of nitrogens with one attached hydrogen (secondary N) is 1. The van der Waals surface area contributed by atoms with Gasteiger partial charge >= 0.3 is 0 Å². The van der Waals surface area contributed by atoms with Crippen molar-refractivity contribution in [2.75, 3.05) is 12.4 Å². The van der Waals surface area contributed by atoms with Crippen LogP contribution in [0, 0.1) is 0 Å². The number of halogens is 1. The number of ether oxygens (including phenoxy) is 2. The van der Waals surface area contributed by atoms with Crippen LogP contribution in [0.4, 0.5) is 5.95 Å². The summed E-state index contributed by atoms with van der Waals surface area (Å²) in [7, 11) is 1.69. The Kier molecular flexibility index (Phi) is 4.50. The predicted molar refractivity (Wildman–Crippen MR) is 126 cm³/mol. The van der Waals surface area contributed by atoms with E-state index in [-0.39, 0.29) is 12.1 Å². The third-order valence-electron chi connectivity index (χ3n) is 5.93. The lowest BCUT2D eigenvalue weighted by atomic mass is 9.84. The topological polar surface area (TPSA) is 61.2 Å². The highest BCUT2D eigenvalue weighted by molar-refractivity contribution is 9.10. The lowest BCUT2D eigenvalue weighted by Gasteiger charge is -2.39. The zero-order valence-electron chi connectivity index (χ0n) is 17.2. The van der Waals surface area contributed by atoms with Gasteiger partial charge in [-0.2, -0.15) is 10.1 Å². The van der Waals surface area contributed by atoms with Crippen LogP contribution in [0.25, 0.3) is 5.70 Å². The van der Waals surface area contributed by atoms with Crippen molar-refractivity contribution in [2.45, 2.75) is 12.1 Å². The molecular formula is C25H19BrN4O2. The average Bonchev–Trinajstić information content (AvgIpc) is 3.31. The van der Waals surface area contributed by atoms with Gasteiger partial charge in [-0.15, -0.1) is 0 Å². The molecule has 2 aliphatic heterocycles. The van der Waals surface area contributed by atoms with E-state index in [1.54, 1.807) is 13.4 Å². The van der Waals surface area contributed by atoms with Crippen molar-refractivity contribution in [2.24, 2.45) is 0 Å². The van der Waals surface area contributed by atoms with Crippen molar-refractivity contribution in [1.82, 2.24) is 14.8 Å². The summed E-state index contributed by atoms with van der Waals surface area (Å²) < 4.78 is 15.3. The van der Waals surface area contributed by atoms with Crippen LogP contribution in [-0.4, -0.2) is 21.9 Å². The quantitative estimate of drug-likeness (QED) is 0.407. The molecule has 0 spiro atoms. The highest BCUT2D eigenvalue weighted by atomic mass is 79.9. The van der Waals surface area contributed by atoms with Crippen LogP contribution in [0.2, 0.25) is 0 Å². The lowest BCUT2D eigenvalue weighted by Crippen LogP contribution is -2.32. The van der Waals surface area contributed by atoms with E-state index in [9.17, 15) is 0 Å². The summed E-state index contributed by atoms with van der Waals surface area (Å²) >= 11 is 3.55. The second-order valence-electron chi connectivity index (χ2n) is 7.67. The Morgan fingerprint density at radius 2 is 1.78 bits per heavy atom. The summed E-state index contributed by atoms with van der Waals surface area (Å²) in [6.45, 7) is 0. The maximum absolute atomic E-state index is 6.65. The summed E-state index contributed by atoms with van der Waals surface area (Å²) in [6, 6.07) is 24.2. The van der Waals surface area contributed by atoms with Crippen LogP contribution in [0.5, 0.6) is 11.5 Å². The molecule has 32 heavy (non-hydrogen) atoms. The molecule has 0 radical (unpaired) electrons. The van der Waals surface area contributed by atoms with Crippen LogP contribution < -0.4 is 14.8 Å². The van der Waals surface area contributed by atoms with Gasteiger partial charge in [-0.1, -0.05) is 58.4 Å². The summed E-state index contributed by atoms with van der Waals surface area (Å²) in [5, 5.41) is 8.09. The molecular weight excluding hydrogens is 468 g/mol. The largest absolute Gasteiger partial charge is 0.496 e. The molecule has 3 heterocycles. The fraction of sp³-hybridized carbons (Fsp3) is 0.120. The van der Waals surface area contributed by atoms with E-state index in [2.05, 4.69) is 55.6 Å². The third kappa shape index (κ3) is 2.92. The van der Waals surface area contributed by atoms with Gasteiger partial charge < -0.3 is 14.8 Å². The van der Waals surface area contributed by atoms with Gasteiger partial charge in [0.15, 0.2) is 6.10 Å². The average molecular weight is 487 g/mol. The Morgan fingerprint density at radius 3 is 2.62 bits per heavy atom. The van der Waals surface area contributed by atoms with Gasteiger partial charge in [-0.25, -0.2) is 4.68 Å². The first-order valence-electron chi connectivity index (χ1n) is 10.3. The zero-order chi connectivity index (χ0) is 21.7. The normalized spacial score (nSPS) is 18.7. The fourth-order valence-electron chi connectivity index (χ4n) is 4.52. The number of methoxy groups -OCH3 is 1. The van der Waals surface area contributed by atoms with E-state index < -0.39 is 0 Å². The molecule has 6 rings (SSSR count). The van der Waals surface area contributed by atoms with E-state index in [1.807, 2.05) is 53.2 Å². The number of para-hydroxylation sites is 2. The molecule has 4 aromatic rings. The molecule has 0 bridgehead atoms. The Bertz CT molecular complexity index is 1350. The van der Waals surface area contributed by atoms with Crippen LogP contribution in [0.1, 0.15) is 28.8 Å². The Labute approximate surface area is 193 Å². The summed E-state index contributed by atoms with van der Waals surface area (Å²) in [6.07, 6.45) is 1.21. The smallest absolute Gasteiger partial charge is 0.226 e. The van der Waals surface area contributed by atoms with E-state index in [0.717, 1.165) is 43.9 Å². The van der Waals surface area contributed by atoms with Crippen molar-refractivity contribution >= 4 is 27.6 Å². The minimum atomic E-state index is -0.366. The number of benzene rings is 3. The van der Waals surface area contributed by atoms with Crippen molar-refractivity contribution in [1.29, 1.82) is 0 Å². The second kappa shape index (κ2) is 7.53. The van der Waals surface area contributed by atoms with Gasteiger partial charge in [0.25, 0.3) is 0 Å². The van der Waals surface area contributed by atoms with Gasteiger partial charge in [-0.3, -0.25) is 0 Å². The molecule has 7 heteroatoms. The van der Waals surface area contributed by atoms with Crippen LogP contribution in [0.3, 0.4) is 0 Å². The second-order valence-corrected chi connectivity index (χ2v) is 8.59. The monoisotopic (exact) mass is 486 g/mol. The van der Waals surface area contributed by atoms with Gasteiger partial charge in [0, 0.05) is 21.2 Å². The zero-order valence-corrected chi connectivity index (χ0v) is 18.8. The van der Waals surface area contributed by atoms with Gasteiger partial charge in [-0.05, 0) is 35.9 Å². The molecule has 2 unspecified atom stereocenters. The van der Waals surface area contributed by atoms with Gasteiger partial charge in [0.05, 0.1) is 12.8 Å². The van der Waals surface area contributed by atoms with E-state index in [4.69, 9.17) is 9.47 Å². The number of hydrogen-bond acceptors (Lipinski definition) is 5. The first kappa shape index (κ1) is 19.1. The Hall–Kier alpha value is -3.58. The summed E-state index contributed by atoms with van der Waals surface area (Å²) in [4.78, 5) is 4.48. The first-order valence-corrected chi connectivity index (χ1v) is 11.1. The number of aromatic nitrogens is 3. The van der Waals surface area contributed by atoms with E-state index in [0.29, 0.717) is 5.95 Å². The number of hydrogen-bond donors (Lipinski definition) is 1. The molecule has 1 aromatic heterocycles. The molecule has 0 amide bonds. The Morgan fingerprint density at radius 1 is 1.00 bits per heavy atom. The molecule has 2 atom stereocenters. The highest BCUT2D eigenvalue weighted by Gasteiger charge is 2.41. The molecule has 1 N–H and O–H groups in total. The molecule has 0 saturated heterocycles. The predicted octanol–water partition coefficient (Wildman–Crippen LogP) is 5.61. The summed E-state index contributed by atoms with van der Waals surface area (Å²) in [5.41, 5.74) is 5.12. The highest BCUT2D eigenvalue weighted by Crippen LogP contribution is 2.51. The SMILES string of the molecule is COc1ccccc1C1Oc2ccccc2C2=C1C(c1ccc(Br)cc1)n1ncnc1N2. The van der Waals surface area contributed by atoms with Gasteiger partial charge in [0.1, 0.15) is 23.9 Å². The van der Waals surface area contributed by atoms with Crippen LogP contribution in [0.15, 0.2) is 89.2 Å². The molecule has 158 valence electrons. The van der Waals surface area contributed by atoms with E-state index in [1.165, 1.54) is 0 Å². The number of anilines is 1. The number of fused-ring (bicyclic) bond motifs is 3. The maximum atomic E-state index is 6.65.